The molecule has 0 unspecified atom stereocenters. The van der Waals surface area contributed by atoms with Crippen molar-refractivity contribution in [1.82, 2.24) is 4.90 Å². The molecule has 0 saturated heterocycles. The highest BCUT2D eigenvalue weighted by Gasteiger charge is 2.13. The average molecular weight is 352 g/mol. The van der Waals surface area contributed by atoms with E-state index in [1.807, 2.05) is 0 Å². The molecule has 0 atom stereocenters. The molecular formula is C25H37N. The fraction of sp³-hybridized carbons (Fsp3) is 0.520. The molecule has 0 radical (unpaired) electrons. The molecule has 0 aliphatic rings. The van der Waals surface area contributed by atoms with Gasteiger partial charge in [0, 0.05) is 5.92 Å². The average Bonchev–Trinajstić information content (AvgIpc) is 2.70. The van der Waals surface area contributed by atoms with Crippen molar-refractivity contribution < 1.29 is 0 Å². The van der Waals surface area contributed by atoms with E-state index in [2.05, 4.69) is 79.4 Å². The molecule has 2 aromatic rings. The number of benzene rings is 2. The van der Waals surface area contributed by atoms with E-state index in [9.17, 15) is 0 Å². The van der Waals surface area contributed by atoms with E-state index < -0.39 is 0 Å². The van der Waals surface area contributed by atoms with Crippen LogP contribution in [0.5, 0.6) is 0 Å². The van der Waals surface area contributed by atoms with E-state index in [-0.39, 0.29) is 0 Å². The van der Waals surface area contributed by atoms with Gasteiger partial charge in [-0.2, -0.15) is 0 Å². The Bertz CT molecular complexity index is 516. The second-order valence-corrected chi connectivity index (χ2v) is 7.42. The van der Waals surface area contributed by atoms with Crippen molar-refractivity contribution in [3.8, 4) is 0 Å². The highest BCUT2D eigenvalue weighted by atomic mass is 15.1. The maximum Gasteiger partial charge on any atom is 0.00893 e. The van der Waals surface area contributed by atoms with Crippen LogP contribution in [-0.4, -0.2) is 24.5 Å². The lowest BCUT2D eigenvalue weighted by Crippen LogP contribution is -2.27. The first-order chi connectivity index (χ1) is 12.8. The van der Waals surface area contributed by atoms with Gasteiger partial charge < -0.3 is 4.90 Å². The Kier molecular flexibility index (Phi) is 10.1. The highest BCUT2D eigenvalue weighted by molar-refractivity contribution is 5.32. The molecule has 0 aliphatic heterocycles. The zero-order valence-corrected chi connectivity index (χ0v) is 16.9. The summed E-state index contributed by atoms with van der Waals surface area (Å²) < 4.78 is 0. The van der Waals surface area contributed by atoms with Gasteiger partial charge in [0.15, 0.2) is 0 Å². The van der Waals surface area contributed by atoms with E-state index in [1.54, 1.807) is 0 Å². The number of hydrogen-bond donors (Lipinski definition) is 0. The third kappa shape index (κ3) is 7.33. The Labute approximate surface area is 161 Å². The van der Waals surface area contributed by atoms with Crippen molar-refractivity contribution in [2.24, 2.45) is 0 Å². The SMILES string of the molecule is CCCCN(CCCC)CCCCC(c1ccccc1)c1ccccc1. The Hall–Kier alpha value is -1.60. The summed E-state index contributed by atoms with van der Waals surface area (Å²) in [5, 5.41) is 0. The van der Waals surface area contributed by atoms with Gasteiger partial charge in [-0.25, -0.2) is 0 Å². The van der Waals surface area contributed by atoms with E-state index >= 15 is 0 Å². The summed E-state index contributed by atoms with van der Waals surface area (Å²) in [4.78, 5) is 2.69. The van der Waals surface area contributed by atoms with Crippen LogP contribution in [0.4, 0.5) is 0 Å². The van der Waals surface area contributed by atoms with Gasteiger partial charge in [-0.3, -0.25) is 0 Å². The minimum absolute atomic E-state index is 0.525. The van der Waals surface area contributed by atoms with E-state index in [0.717, 1.165) is 0 Å². The van der Waals surface area contributed by atoms with Crippen molar-refractivity contribution in [3.05, 3.63) is 71.8 Å². The Morgan fingerprint density at radius 1 is 0.615 bits per heavy atom. The predicted octanol–water partition coefficient (Wildman–Crippen LogP) is 6.89. The first kappa shape index (κ1) is 20.7. The molecule has 0 amide bonds. The molecule has 2 rings (SSSR count). The molecule has 2 aromatic carbocycles. The molecule has 0 saturated carbocycles. The number of hydrogen-bond acceptors (Lipinski definition) is 1. The molecule has 0 spiro atoms. The van der Waals surface area contributed by atoms with Crippen molar-refractivity contribution in [2.75, 3.05) is 19.6 Å². The van der Waals surface area contributed by atoms with Crippen LogP contribution in [0.1, 0.15) is 75.8 Å². The lowest BCUT2D eigenvalue weighted by molar-refractivity contribution is 0.258. The van der Waals surface area contributed by atoms with Crippen LogP contribution in [-0.2, 0) is 0 Å². The number of nitrogens with zero attached hydrogens (tertiary/aromatic N) is 1. The fourth-order valence-corrected chi connectivity index (χ4v) is 3.68. The molecule has 0 aliphatic carbocycles. The third-order valence-corrected chi connectivity index (χ3v) is 5.28. The van der Waals surface area contributed by atoms with E-state index in [1.165, 1.54) is 75.7 Å². The minimum atomic E-state index is 0.525. The van der Waals surface area contributed by atoms with Gasteiger partial charge in [0.2, 0.25) is 0 Å². The summed E-state index contributed by atoms with van der Waals surface area (Å²) in [6.45, 7) is 8.40. The summed E-state index contributed by atoms with van der Waals surface area (Å²) in [5.74, 6) is 0.525. The first-order valence-corrected chi connectivity index (χ1v) is 10.7. The summed E-state index contributed by atoms with van der Waals surface area (Å²) in [6.07, 6.45) is 9.11. The van der Waals surface area contributed by atoms with Gasteiger partial charge in [0.1, 0.15) is 0 Å². The quantitative estimate of drug-likeness (QED) is 0.355. The topological polar surface area (TPSA) is 3.24 Å². The van der Waals surface area contributed by atoms with Crippen LogP contribution < -0.4 is 0 Å². The molecule has 1 heteroatoms. The van der Waals surface area contributed by atoms with Crippen molar-refractivity contribution in [1.29, 1.82) is 0 Å². The zero-order valence-electron chi connectivity index (χ0n) is 16.9. The van der Waals surface area contributed by atoms with Crippen LogP contribution in [0.25, 0.3) is 0 Å². The van der Waals surface area contributed by atoms with Crippen LogP contribution in [0, 0.1) is 0 Å². The molecule has 0 N–H and O–H groups in total. The van der Waals surface area contributed by atoms with Gasteiger partial charge in [-0.05, 0) is 56.4 Å². The van der Waals surface area contributed by atoms with Crippen LogP contribution in [0.3, 0.4) is 0 Å². The summed E-state index contributed by atoms with van der Waals surface area (Å²) in [5.41, 5.74) is 2.90. The van der Waals surface area contributed by atoms with Gasteiger partial charge in [0.25, 0.3) is 0 Å². The monoisotopic (exact) mass is 351 g/mol. The van der Waals surface area contributed by atoms with Crippen molar-refractivity contribution in [2.45, 2.75) is 64.7 Å². The van der Waals surface area contributed by atoms with Gasteiger partial charge in [0.05, 0.1) is 0 Å². The standard InChI is InChI=1S/C25H37N/c1-3-5-20-26(21-6-4-2)22-14-13-19-25(23-15-9-7-10-16-23)24-17-11-8-12-18-24/h7-12,15-18,25H,3-6,13-14,19-22H2,1-2H3. The molecular weight excluding hydrogens is 314 g/mol. The highest BCUT2D eigenvalue weighted by Crippen LogP contribution is 2.29. The molecule has 142 valence electrons. The van der Waals surface area contributed by atoms with E-state index in [0.29, 0.717) is 5.92 Å². The third-order valence-electron chi connectivity index (χ3n) is 5.28. The molecule has 26 heavy (non-hydrogen) atoms. The molecule has 0 bridgehead atoms. The largest absolute Gasteiger partial charge is 0.303 e. The number of unbranched alkanes of at least 4 members (excludes halogenated alkanes) is 3. The van der Waals surface area contributed by atoms with Gasteiger partial charge in [-0.1, -0.05) is 93.8 Å². The normalized spacial score (nSPS) is 11.4. The van der Waals surface area contributed by atoms with Crippen LogP contribution in [0.2, 0.25) is 0 Å². The fourth-order valence-electron chi connectivity index (χ4n) is 3.68. The maximum absolute atomic E-state index is 2.69. The second-order valence-electron chi connectivity index (χ2n) is 7.42. The van der Waals surface area contributed by atoms with Crippen LogP contribution in [0.15, 0.2) is 60.7 Å². The smallest absolute Gasteiger partial charge is 0.00893 e. The van der Waals surface area contributed by atoms with Gasteiger partial charge >= 0.3 is 0 Å². The molecule has 0 heterocycles. The van der Waals surface area contributed by atoms with Crippen LogP contribution >= 0.6 is 0 Å². The van der Waals surface area contributed by atoms with Crippen molar-refractivity contribution in [3.63, 3.8) is 0 Å². The number of rotatable bonds is 13. The summed E-state index contributed by atoms with van der Waals surface area (Å²) in [6, 6.07) is 22.0. The first-order valence-electron chi connectivity index (χ1n) is 10.7. The predicted molar refractivity (Wildman–Crippen MR) is 115 cm³/mol. The summed E-state index contributed by atoms with van der Waals surface area (Å²) >= 11 is 0. The van der Waals surface area contributed by atoms with E-state index in [4.69, 9.17) is 0 Å². The zero-order chi connectivity index (χ0) is 18.5. The Balaban J connectivity index is 1.88. The Morgan fingerprint density at radius 3 is 1.54 bits per heavy atom. The second kappa shape index (κ2) is 12.7. The lowest BCUT2D eigenvalue weighted by Gasteiger charge is -2.23. The van der Waals surface area contributed by atoms with Gasteiger partial charge in [-0.15, -0.1) is 0 Å². The Morgan fingerprint density at radius 2 is 1.08 bits per heavy atom. The molecule has 1 nitrogen and oxygen atoms in total. The summed E-state index contributed by atoms with van der Waals surface area (Å²) in [7, 11) is 0. The molecule has 0 aromatic heterocycles. The lowest BCUT2D eigenvalue weighted by atomic mass is 9.87. The maximum atomic E-state index is 2.69. The van der Waals surface area contributed by atoms with Crippen molar-refractivity contribution >= 4 is 0 Å². The molecule has 0 fully saturated rings. The minimum Gasteiger partial charge on any atom is -0.303 e.